The normalized spacial score (nSPS) is 12.2. The van der Waals surface area contributed by atoms with Gasteiger partial charge in [-0.15, -0.1) is 4.91 Å². The van der Waals surface area contributed by atoms with E-state index in [0.29, 0.717) is 12.2 Å². The van der Waals surface area contributed by atoms with E-state index in [2.05, 4.69) is 36.8 Å². The van der Waals surface area contributed by atoms with Crippen molar-refractivity contribution < 1.29 is 9.59 Å². The molecule has 7 nitrogen and oxygen atoms in total. The molecule has 0 spiro atoms. The molecule has 1 atom stereocenters. The van der Waals surface area contributed by atoms with Gasteiger partial charge in [-0.05, 0) is 45.7 Å². The molecule has 0 bridgehead atoms. The number of nitroso groups, excluding NO2 is 1. The van der Waals surface area contributed by atoms with E-state index in [9.17, 15) is 14.5 Å². The molecule has 0 aromatic heterocycles. The molecule has 2 N–H and O–H groups in total. The third kappa shape index (κ3) is 15.8. The zero-order valence-corrected chi connectivity index (χ0v) is 20.1. The van der Waals surface area contributed by atoms with E-state index in [-0.39, 0.29) is 12.3 Å². The van der Waals surface area contributed by atoms with Gasteiger partial charge in [-0.3, -0.25) is 14.6 Å². The van der Waals surface area contributed by atoms with Gasteiger partial charge in [0.15, 0.2) is 0 Å². The lowest BCUT2D eigenvalue weighted by Crippen LogP contribution is -2.49. The topological polar surface area (TPSA) is 96.1 Å². The third-order valence-corrected chi connectivity index (χ3v) is 5.66. The Morgan fingerprint density at radius 1 is 0.833 bits per heavy atom. The number of hydrogen-bond donors (Lipinski definition) is 2. The summed E-state index contributed by atoms with van der Waals surface area (Å²) in [6, 6.07) is -0.995. The molecule has 0 saturated heterocycles. The molecule has 0 aromatic rings. The summed E-state index contributed by atoms with van der Waals surface area (Å²) in [6.45, 7) is 1.20. The Bertz CT molecular complexity index is 464. The predicted octanol–water partition coefficient (Wildman–Crippen LogP) is 4.69. The lowest BCUT2D eigenvalue weighted by Gasteiger charge is -2.23. The lowest BCUT2D eigenvalue weighted by molar-refractivity contribution is -0.139. The molecular formula is C22H44N4O3S. The Balaban J connectivity index is 3.55. The Morgan fingerprint density at radius 2 is 1.27 bits per heavy atom. The smallest absolute Gasteiger partial charge is 0.309 e. The minimum atomic E-state index is -0.995. The number of rotatable bonds is 20. The molecule has 0 aliphatic carbocycles. The molecule has 0 heterocycles. The number of nitrogens with two attached hydrogens (primary N) is 1. The highest BCUT2D eigenvalue weighted by Gasteiger charge is 2.27. The first-order chi connectivity index (χ1) is 14.4. The van der Waals surface area contributed by atoms with Crippen molar-refractivity contribution in [3.63, 3.8) is 0 Å². The van der Waals surface area contributed by atoms with Crippen LogP contribution in [0.1, 0.15) is 96.3 Å². The van der Waals surface area contributed by atoms with Gasteiger partial charge in [0.1, 0.15) is 6.04 Å². The summed E-state index contributed by atoms with van der Waals surface area (Å²) < 4.78 is 0. The van der Waals surface area contributed by atoms with Crippen LogP contribution in [-0.4, -0.2) is 54.2 Å². The summed E-state index contributed by atoms with van der Waals surface area (Å²) in [6.07, 6.45) is 16.5. The summed E-state index contributed by atoms with van der Waals surface area (Å²) >= 11 is 4.03. The summed E-state index contributed by atoms with van der Waals surface area (Å²) in [5.41, 5.74) is 0. The highest BCUT2D eigenvalue weighted by Crippen LogP contribution is 2.14. The maximum absolute atomic E-state index is 12.1. The largest absolute Gasteiger partial charge is 0.310 e. The van der Waals surface area contributed by atoms with Gasteiger partial charge in [-0.2, -0.15) is 12.6 Å². The molecule has 30 heavy (non-hydrogen) atoms. The van der Waals surface area contributed by atoms with Crippen molar-refractivity contribution in [2.75, 3.05) is 26.4 Å². The summed E-state index contributed by atoms with van der Waals surface area (Å²) in [5, 5.41) is 3.25. The first-order valence-electron chi connectivity index (χ1n) is 11.6. The van der Waals surface area contributed by atoms with Gasteiger partial charge in [0, 0.05) is 11.6 Å². The van der Waals surface area contributed by atoms with Crippen LogP contribution in [0.5, 0.6) is 0 Å². The Labute approximate surface area is 188 Å². The van der Waals surface area contributed by atoms with E-state index in [1.54, 1.807) is 0 Å². The summed E-state index contributed by atoms with van der Waals surface area (Å²) in [4.78, 5) is 36.3. The average Bonchev–Trinajstić information content (AvgIpc) is 2.73. The van der Waals surface area contributed by atoms with Crippen LogP contribution in [0.25, 0.3) is 0 Å². The SMILES string of the molecule is CN(C)CCCCCCCCCCCCCCCC(=O)N(N)C(CCS)C(=O)N=O. The number of nitrogens with zero attached hydrogens (tertiary/aromatic N) is 3. The van der Waals surface area contributed by atoms with Crippen LogP contribution < -0.4 is 5.84 Å². The first-order valence-corrected chi connectivity index (χ1v) is 12.3. The van der Waals surface area contributed by atoms with Gasteiger partial charge in [0.2, 0.25) is 5.91 Å². The van der Waals surface area contributed by atoms with E-state index >= 15 is 0 Å². The maximum atomic E-state index is 12.1. The second kappa shape index (κ2) is 19.9. The molecule has 2 amide bonds. The minimum Gasteiger partial charge on any atom is -0.309 e. The standard InChI is InChI=1S/C22H44N4O3S/c1-25(2)18-15-13-11-9-7-5-3-4-6-8-10-12-14-16-21(27)26(23)20(17-19-30)22(28)24-29/h20,30H,3-19,23H2,1-2H3. The van der Waals surface area contributed by atoms with Crippen LogP contribution in [0.15, 0.2) is 5.18 Å². The van der Waals surface area contributed by atoms with Gasteiger partial charge in [-0.25, -0.2) is 5.84 Å². The fraction of sp³-hybridized carbons (Fsp3) is 0.909. The Kier molecular flexibility index (Phi) is 19.3. The molecule has 0 aliphatic rings. The van der Waals surface area contributed by atoms with Crippen molar-refractivity contribution in [2.45, 2.75) is 102 Å². The third-order valence-electron chi connectivity index (χ3n) is 5.40. The molecule has 0 radical (unpaired) electrons. The Morgan fingerprint density at radius 3 is 1.67 bits per heavy atom. The highest BCUT2D eigenvalue weighted by atomic mass is 32.1. The molecule has 176 valence electrons. The van der Waals surface area contributed by atoms with Crippen molar-refractivity contribution in [2.24, 2.45) is 11.0 Å². The van der Waals surface area contributed by atoms with Crippen molar-refractivity contribution >= 4 is 24.4 Å². The van der Waals surface area contributed by atoms with Crippen LogP contribution >= 0.6 is 12.6 Å². The highest BCUT2D eigenvalue weighted by molar-refractivity contribution is 7.80. The van der Waals surface area contributed by atoms with Gasteiger partial charge < -0.3 is 4.90 Å². The van der Waals surface area contributed by atoms with E-state index in [1.807, 2.05) is 0 Å². The fourth-order valence-corrected chi connectivity index (χ4v) is 3.76. The molecule has 0 saturated carbocycles. The molecule has 0 rings (SSSR count). The fourth-order valence-electron chi connectivity index (χ4n) is 3.52. The number of unbranched alkanes of at least 4 members (excludes halogenated alkanes) is 12. The molecule has 1 unspecified atom stereocenters. The summed E-state index contributed by atoms with van der Waals surface area (Å²) in [7, 11) is 4.26. The van der Waals surface area contributed by atoms with Crippen molar-refractivity contribution in [3.05, 3.63) is 4.91 Å². The quantitative estimate of drug-likeness (QED) is 0.0709. The molecular weight excluding hydrogens is 400 g/mol. The van der Waals surface area contributed by atoms with E-state index in [0.717, 1.165) is 24.3 Å². The maximum Gasteiger partial charge on any atom is 0.310 e. The number of carbonyl (C=O) groups is 2. The van der Waals surface area contributed by atoms with Crippen LogP contribution in [0.4, 0.5) is 0 Å². The van der Waals surface area contributed by atoms with Crippen LogP contribution in [-0.2, 0) is 9.59 Å². The first kappa shape index (κ1) is 29.0. The second-order valence-corrected chi connectivity index (χ2v) is 8.86. The molecule has 0 aromatic carbocycles. The second-order valence-electron chi connectivity index (χ2n) is 8.41. The molecule has 0 aliphatic heterocycles. The molecule has 8 heteroatoms. The zero-order valence-electron chi connectivity index (χ0n) is 19.2. The number of carbonyl (C=O) groups excluding carboxylic acids is 2. The zero-order chi connectivity index (χ0) is 22.6. The van der Waals surface area contributed by atoms with E-state index in [4.69, 9.17) is 5.84 Å². The predicted molar refractivity (Wildman–Crippen MR) is 127 cm³/mol. The van der Waals surface area contributed by atoms with Crippen molar-refractivity contribution in [1.82, 2.24) is 9.91 Å². The van der Waals surface area contributed by atoms with Gasteiger partial charge >= 0.3 is 5.91 Å². The number of hydrazine groups is 1. The van der Waals surface area contributed by atoms with Crippen molar-refractivity contribution in [1.29, 1.82) is 0 Å². The minimum absolute atomic E-state index is 0.229. The molecule has 0 fully saturated rings. The van der Waals surface area contributed by atoms with Gasteiger partial charge in [0.05, 0.1) is 0 Å². The lowest BCUT2D eigenvalue weighted by atomic mass is 10.0. The van der Waals surface area contributed by atoms with E-state index in [1.165, 1.54) is 70.8 Å². The monoisotopic (exact) mass is 444 g/mol. The van der Waals surface area contributed by atoms with Gasteiger partial charge in [-0.1, -0.05) is 70.6 Å². The average molecular weight is 445 g/mol. The van der Waals surface area contributed by atoms with Crippen LogP contribution in [0, 0.1) is 4.91 Å². The van der Waals surface area contributed by atoms with Crippen LogP contribution in [0.3, 0.4) is 0 Å². The Hall–Kier alpha value is -0.990. The van der Waals surface area contributed by atoms with Crippen LogP contribution in [0.2, 0.25) is 0 Å². The number of thiol groups is 1. The van der Waals surface area contributed by atoms with E-state index < -0.39 is 11.9 Å². The van der Waals surface area contributed by atoms with Crippen molar-refractivity contribution in [3.8, 4) is 0 Å². The number of amides is 2. The summed E-state index contributed by atoms with van der Waals surface area (Å²) in [5.74, 6) is 4.84. The number of hydrogen-bond acceptors (Lipinski definition) is 6. The van der Waals surface area contributed by atoms with Gasteiger partial charge in [0.25, 0.3) is 0 Å².